The summed E-state index contributed by atoms with van der Waals surface area (Å²) in [6, 6.07) is 0. The molecule has 0 fully saturated rings. The second kappa shape index (κ2) is 10.1. The van der Waals surface area contributed by atoms with Gasteiger partial charge in [-0.2, -0.15) is 0 Å². The van der Waals surface area contributed by atoms with Crippen LogP contribution >= 0.6 is 46.4 Å². The van der Waals surface area contributed by atoms with Gasteiger partial charge in [0.05, 0.1) is 26.4 Å². The molecule has 0 spiro atoms. The molecule has 12 heavy (non-hydrogen) atoms. The second-order valence-electron chi connectivity index (χ2n) is 1.49. The fraction of sp³-hybridized carbons (Fsp3) is 1.00. The molecule has 0 saturated heterocycles. The maximum Gasteiger partial charge on any atom is 0.266 e. The molecule has 3 nitrogen and oxygen atoms in total. The Labute approximate surface area is 91.1 Å². The molecular formula is C5H10Cl4O3. The maximum atomic E-state index is 8.09. The molecular weight excluding hydrogens is 250 g/mol. The predicted octanol–water partition coefficient (Wildman–Crippen LogP) is 1.54. The van der Waals surface area contributed by atoms with E-state index in [1.165, 1.54) is 0 Å². The van der Waals surface area contributed by atoms with Crippen molar-refractivity contribution in [1.29, 1.82) is 0 Å². The van der Waals surface area contributed by atoms with Gasteiger partial charge in [0, 0.05) is 0 Å². The van der Waals surface area contributed by atoms with E-state index in [2.05, 4.69) is 4.74 Å². The average molecular weight is 260 g/mol. The number of ether oxygens (including phenoxy) is 1. The minimum atomic E-state index is -1.61. The summed E-state index contributed by atoms with van der Waals surface area (Å²) in [7, 11) is 0. The Bertz CT molecular complexity index is 75.3. The van der Waals surface area contributed by atoms with Gasteiger partial charge in [-0.15, -0.1) is 0 Å². The van der Waals surface area contributed by atoms with Crippen LogP contribution in [0.2, 0.25) is 0 Å². The zero-order chi connectivity index (χ0) is 10.0. The highest BCUT2D eigenvalue weighted by molar-refractivity contribution is 6.83. The smallest absolute Gasteiger partial charge is 0.266 e. The molecule has 0 aromatic carbocycles. The third kappa shape index (κ3) is 43.8. The molecule has 0 amide bonds. The molecule has 0 aliphatic carbocycles. The van der Waals surface area contributed by atoms with E-state index in [9.17, 15) is 0 Å². The lowest BCUT2D eigenvalue weighted by atomic mass is 10.7. The standard InChI is InChI=1S/C4H10O3.CCl4/c5-1-3-7-4-2-6;2-1(3,4)5/h5-6H,1-4H2;. The maximum absolute atomic E-state index is 8.09. The molecule has 76 valence electrons. The molecule has 0 aromatic rings. The van der Waals surface area contributed by atoms with Crippen LogP contribution in [-0.4, -0.2) is 39.9 Å². The van der Waals surface area contributed by atoms with Crippen LogP contribution in [0, 0.1) is 0 Å². The highest BCUT2D eigenvalue weighted by atomic mass is 35.6. The predicted molar refractivity (Wildman–Crippen MR) is 51.1 cm³/mol. The lowest BCUT2D eigenvalue weighted by Gasteiger charge is -1.94. The van der Waals surface area contributed by atoms with E-state index in [4.69, 9.17) is 56.6 Å². The summed E-state index contributed by atoms with van der Waals surface area (Å²) in [5.74, 6) is 0. The molecule has 0 bridgehead atoms. The summed E-state index contributed by atoms with van der Waals surface area (Å²) in [6.07, 6.45) is 0. The van der Waals surface area contributed by atoms with Crippen molar-refractivity contribution < 1.29 is 14.9 Å². The topological polar surface area (TPSA) is 49.7 Å². The molecule has 0 aliphatic rings. The SMILES string of the molecule is ClC(Cl)(Cl)Cl.OCCOCCO. The zero-order valence-corrected chi connectivity index (χ0v) is 9.17. The third-order valence-corrected chi connectivity index (χ3v) is 0.471. The Morgan fingerprint density at radius 1 is 0.917 bits per heavy atom. The van der Waals surface area contributed by atoms with Crippen molar-refractivity contribution >= 4 is 46.4 Å². The van der Waals surface area contributed by atoms with Crippen LogP contribution in [0.15, 0.2) is 0 Å². The molecule has 0 aromatic heterocycles. The molecule has 7 heteroatoms. The van der Waals surface area contributed by atoms with Crippen LogP contribution in [0.3, 0.4) is 0 Å². The van der Waals surface area contributed by atoms with E-state index >= 15 is 0 Å². The van der Waals surface area contributed by atoms with Crippen LogP contribution < -0.4 is 0 Å². The molecule has 0 radical (unpaired) electrons. The molecule has 2 N–H and O–H groups in total. The number of aliphatic hydroxyl groups is 2. The molecule has 0 atom stereocenters. The Morgan fingerprint density at radius 2 is 1.17 bits per heavy atom. The van der Waals surface area contributed by atoms with Crippen LogP contribution in [0.4, 0.5) is 0 Å². The third-order valence-electron chi connectivity index (χ3n) is 0.471. The van der Waals surface area contributed by atoms with Crippen molar-refractivity contribution in [2.45, 2.75) is 3.25 Å². The summed E-state index contributed by atoms with van der Waals surface area (Å²) < 4.78 is 3.02. The number of aliphatic hydroxyl groups excluding tert-OH is 2. The molecule has 0 unspecified atom stereocenters. The monoisotopic (exact) mass is 258 g/mol. The van der Waals surface area contributed by atoms with Crippen LogP contribution in [-0.2, 0) is 4.74 Å². The van der Waals surface area contributed by atoms with Crippen LogP contribution in [0.5, 0.6) is 0 Å². The van der Waals surface area contributed by atoms with E-state index in [0.717, 1.165) is 0 Å². The summed E-state index contributed by atoms with van der Waals surface area (Å²) in [5, 5.41) is 16.2. The first-order valence-electron chi connectivity index (χ1n) is 2.97. The summed E-state index contributed by atoms with van der Waals surface area (Å²) >= 11 is 19.3. The van der Waals surface area contributed by atoms with Gasteiger partial charge in [0.1, 0.15) is 0 Å². The van der Waals surface area contributed by atoms with Gasteiger partial charge in [0.25, 0.3) is 3.25 Å². The average Bonchev–Trinajstić information content (AvgIpc) is 1.85. The van der Waals surface area contributed by atoms with E-state index in [1.807, 2.05) is 0 Å². The summed E-state index contributed by atoms with van der Waals surface area (Å²) in [5.41, 5.74) is 0. The molecule has 0 heterocycles. The summed E-state index contributed by atoms with van der Waals surface area (Å²) in [6.45, 7) is 0.696. The van der Waals surface area contributed by atoms with Gasteiger partial charge >= 0.3 is 0 Å². The van der Waals surface area contributed by atoms with Gasteiger partial charge in [-0.05, 0) is 0 Å². The quantitative estimate of drug-likeness (QED) is 0.595. The van der Waals surface area contributed by atoms with E-state index in [1.54, 1.807) is 0 Å². The highest BCUT2D eigenvalue weighted by Crippen LogP contribution is 2.29. The number of hydrogen-bond donors (Lipinski definition) is 2. The van der Waals surface area contributed by atoms with Crippen molar-refractivity contribution in [2.24, 2.45) is 0 Å². The van der Waals surface area contributed by atoms with Gasteiger partial charge in [0.2, 0.25) is 0 Å². The normalized spacial score (nSPS) is 10.5. The molecule has 0 rings (SSSR count). The van der Waals surface area contributed by atoms with Gasteiger partial charge < -0.3 is 14.9 Å². The van der Waals surface area contributed by atoms with Crippen LogP contribution in [0.1, 0.15) is 0 Å². The Morgan fingerprint density at radius 3 is 1.33 bits per heavy atom. The minimum absolute atomic E-state index is 0.0278. The first-order chi connectivity index (χ1) is 5.41. The first-order valence-corrected chi connectivity index (χ1v) is 4.48. The lowest BCUT2D eigenvalue weighted by molar-refractivity contribution is 0.0650. The Balaban J connectivity index is 0. The lowest BCUT2D eigenvalue weighted by Crippen LogP contribution is -2.03. The van der Waals surface area contributed by atoms with Crippen molar-refractivity contribution in [3.05, 3.63) is 0 Å². The Hall–Kier alpha value is 1.04. The molecule has 0 saturated carbocycles. The van der Waals surface area contributed by atoms with E-state index in [0.29, 0.717) is 13.2 Å². The van der Waals surface area contributed by atoms with E-state index < -0.39 is 3.25 Å². The van der Waals surface area contributed by atoms with Crippen molar-refractivity contribution in [3.63, 3.8) is 0 Å². The first kappa shape index (κ1) is 15.5. The Kier molecular flexibility index (Phi) is 13.1. The number of halogens is 4. The van der Waals surface area contributed by atoms with Gasteiger partial charge in [-0.3, -0.25) is 0 Å². The highest BCUT2D eigenvalue weighted by Gasteiger charge is 2.11. The fourth-order valence-corrected chi connectivity index (χ4v) is 0.231. The van der Waals surface area contributed by atoms with Gasteiger partial charge in [0.15, 0.2) is 0 Å². The minimum Gasteiger partial charge on any atom is -0.394 e. The number of alkyl halides is 4. The van der Waals surface area contributed by atoms with Gasteiger partial charge in [-0.25, -0.2) is 0 Å². The second-order valence-corrected chi connectivity index (χ2v) is 4.92. The van der Waals surface area contributed by atoms with Crippen LogP contribution in [0.25, 0.3) is 0 Å². The number of hydrogen-bond acceptors (Lipinski definition) is 3. The largest absolute Gasteiger partial charge is 0.394 e. The van der Waals surface area contributed by atoms with E-state index in [-0.39, 0.29) is 13.2 Å². The molecule has 0 aliphatic heterocycles. The van der Waals surface area contributed by atoms with Crippen molar-refractivity contribution in [2.75, 3.05) is 26.4 Å². The number of rotatable bonds is 4. The van der Waals surface area contributed by atoms with Crippen molar-refractivity contribution in [3.8, 4) is 0 Å². The fourth-order valence-electron chi connectivity index (χ4n) is 0.231. The zero-order valence-electron chi connectivity index (χ0n) is 6.14. The summed E-state index contributed by atoms with van der Waals surface area (Å²) in [4.78, 5) is 0. The van der Waals surface area contributed by atoms with Gasteiger partial charge in [-0.1, -0.05) is 46.4 Å². The van der Waals surface area contributed by atoms with Crippen molar-refractivity contribution in [1.82, 2.24) is 0 Å².